The SMILES string of the molecule is COc1ccc(CCN2C(=O)C(=O)C(=C(O)c3ccc(F)cc3)C2c2ccc(C(C)C)cc2)cc1OC. The highest BCUT2D eigenvalue weighted by molar-refractivity contribution is 6.46. The first-order valence-corrected chi connectivity index (χ1v) is 12.1. The van der Waals surface area contributed by atoms with Crippen LogP contribution in [-0.4, -0.2) is 42.5 Å². The van der Waals surface area contributed by atoms with E-state index in [0.717, 1.165) is 11.1 Å². The molecule has 1 heterocycles. The van der Waals surface area contributed by atoms with E-state index in [1.165, 1.54) is 29.2 Å². The molecule has 0 radical (unpaired) electrons. The van der Waals surface area contributed by atoms with E-state index in [1.54, 1.807) is 20.3 Å². The van der Waals surface area contributed by atoms with Crippen molar-refractivity contribution in [3.8, 4) is 11.5 Å². The minimum absolute atomic E-state index is 0.0128. The van der Waals surface area contributed by atoms with Gasteiger partial charge in [-0.1, -0.05) is 44.2 Å². The fourth-order valence-corrected chi connectivity index (χ4v) is 4.57. The lowest BCUT2D eigenvalue weighted by Crippen LogP contribution is -2.31. The normalized spacial score (nSPS) is 16.9. The predicted octanol–water partition coefficient (Wildman–Crippen LogP) is 5.63. The lowest BCUT2D eigenvalue weighted by atomic mass is 9.93. The first kappa shape index (κ1) is 25.9. The summed E-state index contributed by atoms with van der Waals surface area (Å²) < 4.78 is 24.2. The van der Waals surface area contributed by atoms with Crippen molar-refractivity contribution in [1.82, 2.24) is 4.90 Å². The summed E-state index contributed by atoms with van der Waals surface area (Å²) in [6, 6.07) is 17.6. The molecule has 6 nitrogen and oxygen atoms in total. The molecule has 1 aliphatic heterocycles. The Morgan fingerprint density at radius 2 is 1.59 bits per heavy atom. The van der Waals surface area contributed by atoms with Crippen molar-refractivity contribution in [2.24, 2.45) is 0 Å². The molecule has 3 aromatic rings. The largest absolute Gasteiger partial charge is 0.507 e. The van der Waals surface area contributed by atoms with Gasteiger partial charge in [-0.15, -0.1) is 0 Å². The molecule has 1 fully saturated rings. The molecule has 7 heteroatoms. The summed E-state index contributed by atoms with van der Waals surface area (Å²) in [5.41, 5.74) is 2.97. The molecule has 0 bridgehead atoms. The van der Waals surface area contributed by atoms with Crippen molar-refractivity contribution in [2.75, 3.05) is 20.8 Å². The Morgan fingerprint density at radius 1 is 0.946 bits per heavy atom. The van der Waals surface area contributed by atoms with Gasteiger partial charge in [0.2, 0.25) is 0 Å². The van der Waals surface area contributed by atoms with E-state index in [9.17, 15) is 19.1 Å². The standard InChI is InChI=1S/C30H30FNO5/c1-18(2)20-6-8-21(9-7-20)27-26(28(33)22-10-12-23(31)13-11-22)29(34)30(35)32(27)16-15-19-5-14-24(36-3)25(17-19)37-4/h5-14,17-18,27,33H,15-16H2,1-4H3. The number of ether oxygens (including phenoxy) is 2. The molecular formula is C30H30FNO5. The average molecular weight is 504 g/mol. The Morgan fingerprint density at radius 3 is 2.19 bits per heavy atom. The molecule has 0 aromatic heterocycles. The number of nitrogens with zero attached hydrogens (tertiary/aromatic N) is 1. The van der Waals surface area contributed by atoms with E-state index in [0.29, 0.717) is 29.4 Å². The highest BCUT2D eigenvalue weighted by Gasteiger charge is 2.45. The zero-order chi connectivity index (χ0) is 26.7. The van der Waals surface area contributed by atoms with E-state index in [4.69, 9.17) is 9.47 Å². The molecule has 1 aliphatic rings. The molecule has 3 aromatic carbocycles. The number of hydrogen-bond acceptors (Lipinski definition) is 5. The average Bonchev–Trinajstić information content (AvgIpc) is 3.16. The first-order valence-electron chi connectivity index (χ1n) is 12.1. The van der Waals surface area contributed by atoms with Crippen LogP contribution in [0.25, 0.3) is 5.76 Å². The minimum Gasteiger partial charge on any atom is -0.507 e. The summed E-state index contributed by atoms with van der Waals surface area (Å²) in [7, 11) is 3.11. The van der Waals surface area contributed by atoms with E-state index in [2.05, 4.69) is 13.8 Å². The third-order valence-corrected chi connectivity index (χ3v) is 6.67. The number of rotatable bonds is 8. The molecule has 1 N–H and O–H groups in total. The summed E-state index contributed by atoms with van der Waals surface area (Å²) in [6.07, 6.45) is 0.449. The number of ketones is 1. The lowest BCUT2D eigenvalue weighted by molar-refractivity contribution is -0.139. The summed E-state index contributed by atoms with van der Waals surface area (Å²) >= 11 is 0. The smallest absolute Gasteiger partial charge is 0.295 e. The number of carbonyl (C=O) groups is 2. The maximum Gasteiger partial charge on any atom is 0.295 e. The summed E-state index contributed by atoms with van der Waals surface area (Å²) in [5.74, 6) is -0.785. The zero-order valence-electron chi connectivity index (χ0n) is 21.3. The number of Topliss-reactive ketones (excluding diaryl/α,β-unsaturated/α-hetero) is 1. The van der Waals surface area contributed by atoms with Crippen LogP contribution in [-0.2, 0) is 16.0 Å². The van der Waals surface area contributed by atoms with Crippen LogP contribution in [0.5, 0.6) is 11.5 Å². The van der Waals surface area contributed by atoms with Crippen LogP contribution in [0.15, 0.2) is 72.3 Å². The van der Waals surface area contributed by atoms with Gasteiger partial charge in [-0.2, -0.15) is 0 Å². The minimum atomic E-state index is -0.786. The van der Waals surface area contributed by atoms with E-state index < -0.39 is 23.5 Å². The fourth-order valence-electron chi connectivity index (χ4n) is 4.57. The van der Waals surface area contributed by atoms with Crippen molar-refractivity contribution >= 4 is 17.4 Å². The van der Waals surface area contributed by atoms with Crippen LogP contribution in [0.4, 0.5) is 4.39 Å². The number of methoxy groups -OCH3 is 2. The molecule has 0 spiro atoms. The molecule has 0 aliphatic carbocycles. The molecular weight excluding hydrogens is 473 g/mol. The number of halogens is 1. The maximum absolute atomic E-state index is 13.5. The highest BCUT2D eigenvalue weighted by Crippen LogP contribution is 2.40. The maximum atomic E-state index is 13.5. The third kappa shape index (κ3) is 5.21. The molecule has 37 heavy (non-hydrogen) atoms. The van der Waals surface area contributed by atoms with Gasteiger partial charge in [0.1, 0.15) is 11.6 Å². The zero-order valence-corrected chi connectivity index (χ0v) is 21.3. The molecule has 1 atom stereocenters. The number of aliphatic hydroxyl groups excluding tert-OH is 1. The molecule has 1 amide bonds. The highest BCUT2D eigenvalue weighted by atomic mass is 19.1. The van der Waals surface area contributed by atoms with E-state index in [-0.39, 0.29) is 23.4 Å². The molecule has 1 unspecified atom stereocenters. The molecule has 1 saturated heterocycles. The van der Waals surface area contributed by atoms with Crippen LogP contribution in [0.1, 0.15) is 48.1 Å². The van der Waals surface area contributed by atoms with Crippen molar-refractivity contribution in [3.63, 3.8) is 0 Å². The Bertz CT molecular complexity index is 1330. The van der Waals surface area contributed by atoms with Crippen LogP contribution < -0.4 is 9.47 Å². The number of likely N-dealkylation sites (tertiary alicyclic amines) is 1. The summed E-state index contributed by atoms with van der Waals surface area (Å²) in [5, 5.41) is 11.1. The third-order valence-electron chi connectivity index (χ3n) is 6.67. The van der Waals surface area contributed by atoms with Gasteiger partial charge in [0.05, 0.1) is 25.8 Å². The van der Waals surface area contributed by atoms with Crippen LogP contribution in [0, 0.1) is 5.82 Å². The number of aliphatic hydroxyl groups is 1. The molecule has 192 valence electrons. The van der Waals surface area contributed by atoms with E-state index >= 15 is 0 Å². The summed E-state index contributed by atoms with van der Waals surface area (Å²) in [6.45, 7) is 4.40. The quantitative estimate of drug-likeness (QED) is 0.245. The Balaban J connectivity index is 1.75. The van der Waals surface area contributed by atoms with Gasteiger partial charge in [-0.25, -0.2) is 4.39 Å². The van der Waals surface area contributed by atoms with Gasteiger partial charge in [0.15, 0.2) is 11.5 Å². The predicted molar refractivity (Wildman–Crippen MR) is 139 cm³/mol. The Kier molecular flexibility index (Phi) is 7.62. The molecule has 4 rings (SSSR count). The topological polar surface area (TPSA) is 76.1 Å². The van der Waals surface area contributed by atoms with Gasteiger partial charge in [-0.3, -0.25) is 9.59 Å². The van der Waals surface area contributed by atoms with Crippen molar-refractivity contribution in [3.05, 3.63) is 100 Å². The second-order valence-corrected chi connectivity index (χ2v) is 9.26. The van der Waals surface area contributed by atoms with Crippen molar-refractivity contribution < 1.29 is 28.6 Å². The van der Waals surface area contributed by atoms with Crippen molar-refractivity contribution in [2.45, 2.75) is 32.2 Å². The van der Waals surface area contributed by atoms with Crippen LogP contribution >= 0.6 is 0 Å². The van der Waals surface area contributed by atoms with Crippen molar-refractivity contribution in [1.29, 1.82) is 0 Å². The second-order valence-electron chi connectivity index (χ2n) is 9.26. The van der Waals surface area contributed by atoms with Gasteiger partial charge in [-0.05, 0) is 65.4 Å². The first-order chi connectivity index (χ1) is 17.7. The van der Waals surface area contributed by atoms with Gasteiger partial charge < -0.3 is 19.5 Å². The Hall–Kier alpha value is -4.13. The lowest BCUT2D eigenvalue weighted by Gasteiger charge is -2.26. The second kappa shape index (κ2) is 10.9. The van der Waals surface area contributed by atoms with Gasteiger partial charge in [0.25, 0.3) is 11.7 Å². The number of amides is 1. The number of carbonyl (C=O) groups excluding carboxylic acids is 2. The molecule has 0 saturated carbocycles. The van der Waals surface area contributed by atoms with Crippen LogP contribution in [0.3, 0.4) is 0 Å². The van der Waals surface area contributed by atoms with E-state index in [1.807, 2.05) is 36.4 Å². The number of benzene rings is 3. The van der Waals surface area contributed by atoms with Crippen LogP contribution in [0.2, 0.25) is 0 Å². The monoisotopic (exact) mass is 503 g/mol. The Labute approximate surface area is 215 Å². The van der Waals surface area contributed by atoms with Gasteiger partial charge >= 0.3 is 0 Å². The number of hydrogen-bond donors (Lipinski definition) is 1. The fraction of sp³-hybridized carbons (Fsp3) is 0.267. The summed E-state index contributed by atoms with van der Waals surface area (Å²) in [4.78, 5) is 28.0. The van der Waals surface area contributed by atoms with Gasteiger partial charge in [0, 0.05) is 12.1 Å².